The van der Waals surface area contributed by atoms with Crippen LogP contribution in [0.1, 0.15) is 19.0 Å². The number of fused-ring (bicyclic) bond motifs is 10. The smallest absolute Gasteiger partial charge is 0.140 e. The summed E-state index contributed by atoms with van der Waals surface area (Å²) < 4.78 is 11.3. The molecule has 10 rings (SSSR count). The number of para-hydroxylation sites is 4. The second kappa shape index (κ2) is 9.56. The molecule has 4 heteroatoms. The molecule has 0 aliphatic heterocycles. The van der Waals surface area contributed by atoms with Crippen molar-refractivity contribution in [3.05, 3.63) is 150 Å². The van der Waals surface area contributed by atoms with Gasteiger partial charge in [0.15, 0.2) is 0 Å². The maximum absolute atomic E-state index is 6.54. The van der Waals surface area contributed by atoms with Gasteiger partial charge in [-0.2, -0.15) is 0 Å². The standard InChI is InChI=1S/C42H29N3O/c1-26-22-23-33-30-16-7-10-20-37(30)46-42(33)39(26)34-17-11-21-38(43-34)45-36-19-9-6-15-29(36)32-25-24-31-28-14-5-8-18-35(28)44(40(31)41(32)45)27-12-3-2-4-13-27/h2-21,23-26H,22H2,1H3. The van der Waals surface area contributed by atoms with E-state index >= 15 is 0 Å². The van der Waals surface area contributed by atoms with Crippen molar-refractivity contribution >= 4 is 66.2 Å². The Hall–Kier alpha value is -5.87. The van der Waals surface area contributed by atoms with Gasteiger partial charge in [-0.05, 0) is 54.8 Å². The highest BCUT2D eigenvalue weighted by Gasteiger charge is 2.24. The minimum Gasteiger partial charge on any atom is -0.456 e. The molecule has 0 N–H and O–H groups in total. The average Bonchev–Trinajstić information content (AvgIpc) is 3.76. The number of pyridine rings is 1. The van der Waals surface area contributed by atoms with Crippen LogP contribution in [0, 0.1) is 5.92 Å². The largest absolute Gasteiger partial charge is 0.456 e. The van der Waals surface area contributed by atoms with Crippen LogP contribution in [-0.2, 0) is 0 Å². The molecule has 0 bridgehead atoms. The number of hydrogen-bond donors (Lipinski definition) is 0. The van der Waals surface area contributed by atoms with Gasteiger partial charge in [-0.25, -0.2) is 4.98 Å². The van der Waals surface area contributed by atoms with Crippen LogP contribution in [-0.4, -0.2) is 14.1 Å². The summed E-state index contributed by atoms with van der Waals surface area (Å²) in [7, 11) is 0. The fourth-order valence-electron chi connectivity index (χ4n) is 7.75. The van der Waals surface area contributed by atoms with Crippen molar-refractivity contribution in [2.24, 2.45) is 5.92 Å². The molecule has 4 heterocycles. The molecule has 4 nitrogen and oxygen atoms in total. The highest BCUT2D eigenvalue weighted by atomic mass is 16.3. The Labute approximate surface area is 264 Å². The molecular weight excluding hydrogens is 562 g/mol. The summed E-state index contributed by atoms with van der Waals surface area (Å²) in [5.41, 5.74) is 9.79. The maximum Gasteiger partial charge on any atom is 0.140 e. The molecule has 1 unspecified atom stereocenters. The van der Waals surface area contributed by atoms with E-state index < -0.39 is 0 Å². The lowest BCUT2D eigenvalue weighted by molar-refractivity contribution is 0.558. The second-order valence-corrected chi connectivity index (χ2v) is 12.4. The number of benzene rings is 5. The molecule has 0 saturated carbocycles. The van der Waals surface area contributed by atoms with Crippen LogP contribution in [0.4, 0.5) is 0 Å². The first-order valence-corrected chi connectivity index (χ1v) is 16.0. The van der Waals surface area contributed by atoms with Gasteiger partial charge in [-0.15, -0.1) is 0 Å². The summed E-state index contributed by atoms with van der Waals surface area (Å²) in [5.74, 6) is 1.18. The third-order valence-corrected chi connectivity index (χ3v) is 9.77. The van der Waals surface area contributed by atoms with Gasteiger partial charge in [0.1, 0.15) is 16.8 Å². The summed E-state index contributed by atoms with van der Waals surface area (Å²) in [4.78, 5) is 5.46. The normalized spacial score (nSPS) is 14.9. The second-order valence-electron chi connectivity index (χ2n) is 12.4. The number of furan rings is 1. The van der Waals surface area contributed by atoms with Gasteiger partial charge in [0, 0.05) is 43.4 Å². The third kappa shape index (κ3) is 3.47. The van der Waals surface area contributed by atoms with Crippen molar-refractivity contribution in [2.45, 2.75) is 13.3 Å². The zero-order valence-electron chi connectivity index (χ0n) is 25.3. The lowest BCUT2D eigenvalue weighted by atomic mass is 9.90. The fraction of sp³-hybridized carbons (Fsp3) is 0.0714. The predicted molar refractivity (Wildman–Crippen MR) is 189 cm³/mol. The molecule has 5 aromatic carbocycles. The molecule has 1 aliphatic rings. The van der Waals surface area contributed by atoms with Crippen LogP contribution in [0.2, 0.25) is 0 Å². The van der Waals surface area contributed by atoms with Crippen LogP contribution in [0.3, 0.4) is 0 Å². The first kappa shape index (κ1) is 25.5. The highest BCUT2D eigenvalue weighted by molar-refractivity contribution is 6.23. The number of nitrogens with zero attached hydrogens (tertiary/aromatic N) is 3. The Balaban J connectivity index is 1.34. The molecule has 46 heavy (non-hydrogen) atoms. The Bertz CT molecular complexity index is 2800. The molecule has 1 atom stereocenters. The summed E-state index contributed by atoms with van der Waals surface area (Å²) in [6.45, 7) is 2.28. The summed E-state index contributed by atoms with van der Waals surface area (Å²) in [6, 6.07) is 47.5. The van der Waals surface area contributed by atoms with E-state index in [2.05, 4.69) is 150 Å². The van der Waals surface area contributed by atoms with Gasteiger partial charge >= 0.3 is 0 Å². The molecule has 0 spiro atoms. The Morgan fingerprint density at radius 1 is 0.587 bits per heavy atom. The maximum atomic E-state index is 6.54. The van der Waals surface area contributed by atoms with Crippen molar-refractivity contribution in [1.29, 1.82) is 0 Å². The van der Waals surface area contributed by atoms with Crippen molar-refractivity contribution in [1.82, 2.24) is 14.1 Å². The van der Waals surface area contributed by atoms with E-state index in [1.807, 2.05) is 6.07 Å². The molecule has 0 saturated heterocycles. The average molecular weight is 592 g/mol. The summed E-state index contributed by atoms with van der Waals surface area (Å²) in [5, 5.41) is 7.23. The van der Waals surface area contributed by atoms with Gasteiger partial charge < -0.3 is 8.98 Å². The van der Waals surface area contributed by atoms with Crippen molar-refractivity contribution in [3.8, 4) is 11.5 Å². The molecule has 1 aliphatic carbocycles. The molecule has 4 aromatic heterocycles. The SMILES string of the molecule is CC1CC=c2c(oc3ccccc23)=C1c1cccc(-n2c3ccccc3c3ccc4c5ccccc5n(-c5ccccc5)c4c32)n1. The van der Waals surface area contributed by atoms with Crippen LogP contribution in [0.5, 0.6) is 0 Å². The van der Waals surface area contributed by atoms with Crippen molar-refractivity contribution in [2.75, 3.05) is 0 Å². The Morgan fingerprint density at radius 3 is 1.98 bits per heavy atom. The topological polar surface area (TPSA) is 35.9 Å². The molecule has 218 valence electrons. The minimum atomic E-state index is 0.279. The van der Waals surface area contributed by atoms with E-state index in [4.69, 9.17) is 9.40 Å². The summed E-state index contributed by atoms with van der Waals surface area (Å²) in [6.07, 6.45) is 3.27. The van der Waals surface area contributed by atoms with E-state index in [1.165, 1.54) is 43.4 Å². The Morgan fingerprint density at radius 2 is 1.22 bits per heavy atom. The van der Waals surface area contributed by atoms with E-state index in [1.54, 1.807) is 0 Å². The van der Waals surface area contributed by atoms with E-state index in [9.17, 15) is 0 Å². The lowest BCUT2D eigenvalue weighted by Gasteiger charge is -2.17. The zero-order valence-corrected chi connectivity index (χ0v) is 25.3. The van der Waals surface area contributed by atoms with Gasteiger partial charge in [-0.1, -0.05) is 104 Å². The quantitative estimate of drug-likeness (QED) is 0.206. The molecule has 9 aromatic rings. The highest BCUT2D eigenvalue weighted by Crippen LogP contribution is 2.41. The molecule has 0 fully saturated rings. The predicted octanol–water partition coefficient (Wildman–Crippen LogP) is 9.04. The molecule has 0 radical (unpaired) electrons. The van der Waals surface area contributed by atoms with E-state index in [0.29, 0.717) is 0 Å². The van der Waals surface area contributed by atoms with E-state index in [-0.39, 0.29) is 5.92 Å². The lowest BCUT2D eigenvalue weighted by Crippen LogP contribution is -2.30. The van der Waals surface area contributed by atoms with E-state index in [0.717, 1.165) is 51.0 Å². The van der Waals surface area contributed by atoms with Crippen molar-refractivity contribution < 1.29 is 4.42 Å². The van der Waals surface area contributed by atoms with Gasteiger partial charge in [0.2, 0.25) is 0 Å². The zero-order chi connectivity index (χ0) is 30.4. The monoisotopic (exact) mass is 591 g/mol. The fourth-order valence-corrected chi connectivity index (χ4v) is 7.75. The molecule has 0 amide bonds. The number of hydrogen-bond acceptors (Lipinski definition) is 2. The van der Waals surface area contributed by atoms with Crippen LogP contribution >= 0.6 is 0 Å². The first-order chi connectivity index (χ1) is 22.8. The minimum absolute atomic E-state index is 0.279. The molecular formula is C42H29N3O. The van der Waals surface area contributed by atoms with Gasteiger partial charge in [-0.3, -0.25) is 4.57 Å². The number of aromatic nitrogens is 3. The van der Waals surface area contributed by atoms with Gasteiger partial charge in [0.25, 0.3) is 0 Å². The summed E-state index contributed by atoms with van der Waals surface area (Å²) >= 11 is 0. The number of rotatable bonds is 3. The third-order valence-electron chi connectivity index (χ3n) is 9.77. The van der Waals surface area contributed by atoms with Crippen molar-refractivity contribution in [3.63, 3.8) is 0 Å². The van der Waals surface area contributed by atoms with Crippen LogP contribution in [0.25, 0.3) is 77.7 Å². The first-order valence-electron chi connectivity index (χ1n) is 16.0. The van der Waals surface area contributed by atoms with Crippen LogP contribution < -0.4 is 10.6 Å². The Kier molecular flexibility index (Phi) is 5.29. The van der Waals surface area contributed by atoms with Gasteiger partial charge in [0.05, 0.1) is 27.8 Å². The van der Waals surface area contributed by atoms with Crippen LogP contribution in [0.15, 0.2) is 138 Å².